The van der Waals surface area contributed by atoms with Crippen molar-refractivity contribution in [1.29, 1.82) is 0 Å². The second-order valence-electron chi connectivity index (χ2n) is 6.45. The molecule has 30 heavy (non-hydrogen) atoms. The third-order valence-corrected chi connectivity index (χ3v) is 6.95. The first-order chi connectivity index (χ1) is 13.6. The van der Waals surface area contributed by atoms with Gasteiger partial charge in [0.1, 0.15) is 0 Å². The molecule has 0 N–H and O–H groups in total. The van der Waals surface area contributed by atoms with E-state index >= 15 is 0 Å². The van der Waals surface area contributed by atoms with E-state index in [-0.39, 0.29) is 9.40 Å². The Morgan fingerprint density at radius 3 is 1.33 bits per heavy atom. The quantitative estimate of drug-likeness (QED) is 0.265. The van der Waals surface area contributed by atoms with Crippen LogP contribution in [-0.4, -0.2) is 29.9 Å². The van der Waals surface area contributed by atoms with E-state index in [1.165, 1.54) is 48.5 Å². The summed E-state index contributed by atoms with van der Waals surface area (Å²) >= 11 is 0. The van der Waals surface area contributed by atoms with Gasteiger partial charge in [0.2, 0.25) is 0 Å². The van der Waals surface area contributed by atoms with Gasteiger partial charge in [-0.15, -0.1) is 0 Å². The molecule has 0 nitrogen and oxygen atoms in total. The number of halogens is 11. The molecular formula is C18H10F11S+. The van der Waals surface area contributed by atoms with Crippen molar-refractivity contribution in [2.75, 3.05) is 0 Å². The van der Waals surface area contributed by atoms with Gasteiger partial charge in [-0.1, -0.05) is 24.3 Å². The van der Waals surface area contributed by atoms with Gasteiger partial charge in [-0.3, -0.25) is 0 Å². The van der Waals surface area contributed by atoms with Crippen molar-refractivity contribution in [3.05, 3.63) is 48.5 Å². The molecule has 0 bridgehead atoms. The van der Waals surface area contributed by atoms with E-state index in [0.717, 1.165) is 0 Å². The van der Waals surface area contributed by atoms with E-state index in [4.69, 9.17) is 0 Å². The van der Waals surface area contributed by atoms with E-state index < -0.39 is 46.1 Å². The summed E-state index contributed by atoms with van der Waals surface area (Å²) in [5.41, 5.74) is 0. The number of hydrogen-bond donors (Lipinski definition) is 0. The summed E-state index contributed by atoms with van der Waals surface area (Å²) in [6.07, 6.45) is -7.16. The van der Waals surface area contributed by atoms with Crippen LogP contribution < -0.4 is 0 Å². The van der Waals surface area contributed by atoms with Gasteiger partial charge in [-0.2, -0.15) is 48.3 Å². The van der Waals surface area contributed by atoms with Gasteiger partial charge in [0.15, 0.2) is 15.2 Å². The van der Waals surface area contributed by atoms with Crippen LogP contribution >= 0.6 is 10.5 Å². The fraction of sp³-hybridized carbons (Fsp3) is 0.333. The van der Waals surface area contributed by atoms with Gasteiger partial charge in [-0.05, 0) is 34.7 Å². The highest BCUT2D eigenvalue weighted by Crippen LogP contribution is 2.59. The van der Waals surface area contributed by atoms with Crippen molar-refractivity contribution < 1.29 is 48.3 Å². The van der Waals surface area contributed by atoms with Crippen molar-refractivity contribution in [2.45, 2.75) is 35.6 Å². The molecule has 0 unspecified atom stereocenters. The first kappa shape index (κ1) is 22.6. The summed E-state index contributed by atoms with van der Waals surface area (Å²) in [6, 6.07) is 11.2. The largest absolute Gasteiger partial charge is 0.460 e. The van der Waals surface area contributed by atoms with E-state index in [1.807, 2.05) is 0 Å². The summed E-state index contributed by atoms with van der Waals surface area (Å²) in [6.45, 7) is 0. The Morgan fingerprint density at radius 1 is 0.533 bits per heavy atom. The topological polar surface area (TPSA) is 0 Å². The maximum atomic E-state index is 14.3. The van der Waals surface area contributed by atoms with E-state index in [2.05, 4.69) is 0 Å². The zero-order valence-corrected chi connectivity index (χ0v) is 15.2. The standard InChI is InChI=1S/C18H10F11S/c19-14(20,15(21,22)16(23,24)17(25,26)18(27,28)29)9-30-12-7-3-1-5-10(12)11-6-2-4-8-13(11)30/h1-8H,9H2/q+1. The van der Waals surface area contributed by atoms with Crippen molar-refractivity contribution in [3.8, 4) is 0 Å². The molecule has 0 atom stereocenters. The molecule has 0 amide bonds. The molecule has 1 heterocycles. The molecule has 3 aromatic rings. The normalized spacial score (nSPS) is 14.6. The zero-order chi connectivity index (χ0) is 22.8. The van der Waals surface area contributed by atoms with Crippen LogP contribution in [0.5, 0.6) is 0 Å². The summed E-state index contributed by atoms with van der Waals surface area (Å²) in [5, 5.41) is 0.700. The van der Waals surface area contributed by atoms with E-state index in [0.29, 0.717) is 10.8 Å². The van der Waals surface area contributed by atoms with E-state index in [1.54, 1.807) is 0 Å². The summed E-state index contributed by atoms with van der Waals surface area (Å²) in [5.74, 6) is -29.7. The first-order valence-electron chi connectivity index (χ1n) is 8.03. The van der Waals surface area contributed by atoms with Crippen molar-refractivity contribution in [1.82, 2.24) is 0 Å². The maximum absolute atomic E-state index is 14.3. The van der Waals surface area contributed by atoms with E-state index in [9.17, 15) is 48.3 Å². The predicted octanol–water partition coefficient (Wildman–Crippen LogP) is 7.85. The second kappa shape index (κ2) is 6.69. The highest BCUT2D eigenvalue weighted by Gasteiger charge is 2.87. The smallest absolute Gasteiger partial charge is 0.194 e. The van der Waals surface area contributed by atoms with Crippen molar-refractivity contribution >= 4 is 30.6 Å². The van der Waals surface area contributed by atoms with Crippen LogP contribution in [0.15, 0.2) is 48.5 Å². The predicted molar refractivity (Wildman–Crippen MR) is 89.8 cm³/mol. The highest BCUT2D eigenvalue weighted by atomic mass is 32.2. The van der Waals surface area contributed by atoms with Crippen LogP contribution in [0.2, 0.25) is 0 Å². The van der Waals surface area contributed by atoms with Crippen molar-refractivity contribution in [3.63, 3.8) is 0 Å². The average molecular weight is 467 g/mol. The van der Waals surface area contributed by atoms with Crippen LogP contribution in [0.3, 0.4) is 0 Å². The number of rotatable bonds is 5. The molecule has 0 saturated carbocycles. The molecule has 0 spiro atoms. The fourth-order valence-electron chi connectivity index (χ4n) is 2.96. The number of thiophene rings is 1. The minimum absolute atomic E-state index is 0.0695. The molecule has 2 aromatic carbocycles. The Morgan fingerprint density at radius 2 is 0.933 bits per heavy atom. The Labute approximate surface area is 163 Å². The number of benzene rings is 2. The SMILES string of the molecule is FC(F)(F)C(F)(F)C(F)(F)C(F)(F)C(F)(F)C[s+]1c2ccccc2c2ccccc21. The number of fused-ring (bicyclic) bond motifs is 3. The third kappa shape index (κ3) is 3.02. The Kier molecular flexibility index (Phi) is 5.04. The number of hydrogen-bond acceptors (Lipinski definition) is 0. The van der Waals surface area contributed by atoms with Gasteiger partial charge in [-0.25, -0.2) is 0 Å². The van der Waals surface area contributed by atoms with Crippen LogP contribution in [0.1, 0.15) is 0 Å². The average Bonchev–Trinajstić information content (AvgIpc) is 2.94. The fourth-order valence-corrected chi connectivity index (χ4v) is 5.42. The Bertz CT molecular complexity index is 1030. The van der Waals surface area contributed by atoms with Gasteiger partial charge in [0, 0.05) is 10.8 Å². The minimum Gasteiger partial charge on any atom is -0.194 e. The van der Waals surface area contributed by atoms with Crippen LogP contribution in [0.4, 0.5) is 48.3 Å². The maximum Gasteiger partial charge on any atom is 0.460 e. The highest BCUT2D eigenvalue weighted by molar-refractivity contribution is 7.42. The minimum atomic E-state index is -7.39. The second-order valence-corrected chi connectivity index (χ2v) is 8.40. The lowest BCUT2D eigenvalue weighted by molar-refractivity contribution is -0.421. The molecule has 164 valence electrons. The summed E-state index contributed by atoms with van der Waals surface area (Å²) < 4.78 is 147. The zero-order valence-electron chi connectivity index (χ0n) is 14.4. The third-order valence-electron chi connectivity index (χ3n) is 4.52. The molecule has 0 aliphatic carbocycles. The molecule has 0 aliphatic heterocycles. The summed E-state index contributed by atoms with van der Waals surface area (Å²) in [7, 11) is -1.97. The molecular weight excluding hydrogens is 457 g/mol. The molecule has 12 heteroatoms. The lowest BCUT2D eigenvalue weighted by Gasteiger charge is -2.36. The summed E-state index contributed by atoms with van der Waals surface area (Å²) in [4.78, 5) is 0. The lowest BCUT2D eigenvalue weighted by Crippen LogP contribution is -2.66. The van der Waals surface area contributed by atoms with Crippen LogP contribution in [0.25, 0.3) is 20.2 Å². The molecule has 1 aromatic heterocycles. The monoisotopic (exact) mass is 467 g/mol. The Hall–Kier alpha value is -2.11. The van der Waals surface area contributed by atoms with Gasteiger partial charge >= 0.3 is 29.9 Å². The van der Waals surface area contributed by atoms with Gasteiger partial charge in [0.25, 0.3) is 0 Å². The lowest BCUT2D eigenvalue weighted by atomic mass is 9.99. The molecule has 0 aliphatic rings. The van der Waals surface area contributed by atoms with Gasteiger partial charge in [0.05, 0.1) is 0 Å². The van der Waals surface area contributed by atoms with Crippen molar-refractivity contribution in [2.24, 2.45) is 0 Å². The van der Waals surface area contributed by atoms with Crippen LogP contribution in [-0.2, 0) is 5.75 Å². The first-order valence-corrected chi connectivity index (χ1v) is 9.43. The molecule has 0 fully saturated rings. The van der Waals surface area contributed by atoms with Gasteiger partial charge < -0.3 is 0 Å². The molecule has 3 rings (SSSR count). The molecule has 0 saturated heterocycles. The Balaban J connectivity index is 2.14. The number of alkyl halides is 11. The van der Waals surface area contributed by atoms with Crippen LogP contribution in [0, 0.1) is 0 Å². The molecule has 0 radical (unpaired) electrons.